The van der Waals surface area contributed by atoms with Crippen LogP contribution in [0.5, 0.6) is 0 Å². The molecule has 1 aliphatic rings. The van der Waals surface area contributed by atoms with E-state index < -0.39 is 0 Å². The Morgan fingerprint density at radius 2 is 2.00 bits per heavy atom. The van der Waals surface area contributed by atoms with Crippen molar-refractivity contribution in [3.63, 3.8) is 0 Å². The van der Waals surface area contributed by atoms with Gasteiger partial charge in [-0.25, -0.2) is 0 Å². The van der Waals surface area contributed by atoms with Crippen molar-refractivity contribution in [2.24, 2.45) is 0 Å². The van der Waals surface area contributed by atoms with E-state index in [0.717, 1.165) is 0 Å². The molecule has 0 aliphatic heterocycles. The van der Waals surface area contributed by atoms with Crippen LogP contribution in [0, 0.1) is 0 Å². The van der Waals surface area contributed by atoms with E-state index in [2.05, 4.69) is 47.2 Å². The van der Waals surface area contributed by atoms with Crippen LogP contribution in [0.1, 0.15) is 5.56 Å². The van der Waals surface area contributed by atoms with Gasteiger partial charge in [0.2, 0.25) is 0 Å². The highest BCUT2D eigenvalue weighted by molar-refractivity contribution is 7.08. The Bertz CT molecular complexity index is 299. The molecule has 0 fully saturated rings. The summed E-state index contributed by atoms with van der Waals surface area (Å²) in [7, 11) is 0. The third-order valence-electron chi connectivity index (χ3n) is 1.56. The first-order valence-corrected chi connectivity index (χ1v) is 4.48. The van der Waals surface area contributed by atoms with Crippen LogP contribution in [-0.4, -0.2) is 0 Å². The minimum Gasteiger partial charge on any atom is -0.152 e. The highest BCUT2D eigenvalue weighted by atomic mass is 32.1. The van der Waals surface area contributed by atoms with Crippen molar-refractivity contribution in [2.75, 3.05) is 0 Å². The molecule has 0 amide bonds. The van der Waals surface area contributed by atoms with Crippen molar-refractivity contribution in [3.05, 3.63) is 52.3 Å². The zero-order valence-electron chi connectivity index (χ0n) is 6.03. The summed E-state index contributed by atoms with van der Waals surface area (Å²) in [5, 5.41) is 4.24. The number of hydrogen-bond donors (Lipinski definition) is 0. The van der Waals surface area contributed by atoms with Crippen LogP contribution in [0.2, 0.25) is 0 Å². The molecule has 0 saturated carbocycles. The molecule has 1 heteroatoms. The van der Waals surface area contributed by atoms with Gasteiger partial charge in [-0.2, -0.15) is 11.3 Å². The van der Waals surface area contributed by atoms with Gasteiger partial charge >= 0.3 is 0 Å². The van der Waals surface area contributed by atoms with Crippen LogP contribution in [0.3, 0.4) is 0 Å². The Labute approximate surface area is 70.2 Å². The Morgan fingerprint density at radius 1 is 1.18 bits per heavy atom. The lowest BCUT2D eigenvalue weighted by atomic mass is 10.2. The summed E-state index contributed by atoms with van der Waals surface area (Å²) in [5.74, 6) is 0. The van der Waals surface area contributed by atoms with Crippen LogP contribution in [0.25, 0.3) is 6.08 Å². The summed E-state index contributed by atoms with van der Waals surface area (Å²) < 4.78 is 0. The van der Waals surface area contributed by atoms with E-state index in [4.69, 9.17) is 0 Å². The highest BCUT2D eigenvalue weighted by Crippen LogP contribution is 2.14. The second-order valence-corrected chi connectivity index (χ2v) is 3.20. The van der Waals surface area contributed by atoms with E-state index in [1.165, 1.54) is 11.1 Å². The first kappa shape index (κ1) is 6.62. The molecule has 54 valence electrons. The van der Waals surface area contributed by atoms with Crippen molar-refractivity contribution in [2.45, 2.75) is 0 Å². The molecule has 0 nitrogen and oxygen atoms in total. The number of rotatable bonds is 1. The van der Waals surface area contributed by atoms with E-state index >= 15 is 0 Å². The SMILES string of the molecule is C1=CC(=Cc2ccsc2)C=C1. The topological polar surface area (TPSA) is 0 Å². The molecule has 0 spiro atoms. The van der Waals surface area contributed by atoms with Gasteiger partial charge in [-0.05, 0) is 34.0 Å². The molecule has 0 atom stereocenters. The van der Waals surface area contributed by atoms with Crippen LogP contribution in [-0.2, 0) is 0 Å². The fourth-order valence-electron chi connectivity index (χ4n) is 1.03. The van der Waals surface area contributed by atoms with E-state index in [1.807, 2.05) is 0 Å². The van der Waals surface area contributed by atoms with Crippen LogP contribution in [0.15, 0.2) is 46.7 Å². The first-order chi connectivity index (χ1) is 5.45. The molecule has 1 heterocycles. The molecular formula is C10H8S. The molecule has 1 aromatic rings. The molecule has 2 rings (SSSR count). The van der Waals surface area contributed by atoms with Crippen molar-refractivity contribution in [1.29, 1.82) is 0 Å². The molecule has 0 aromatic carbocycles. The van der Waals surface area contributed by atoms with Gasteiger partial charge in [0.25, 0.3) is 0 Å². The fraction of sp³-hybridized carbons (Fsp3) is 0. The molecule has 11 heavy (non-hydrogen) atoms. The minimum atomic E-state index is 1.28. The van der Waals surface area contributed by atoms with Crippen LogP contribution < -0.4 is 0 Å². The summed E-state index contributed by atoms with van der Waals surface area (Å²) in [5.41, 5.74) is 2.57. The van der Waals surface area contributed by atoms with Gasteiger partial charge in [0.05, 0.1) is 0 Å². The maximum absolute atomic E-state index is 2.18. The Morgan fingerprint density at radius 3 is 2.64 bits per heavy atom. The van der Waals surface area contributed by atoms with E-state index in [1.54, 1.807) is 11.3 Å². The first-order valence-electron chi connectivity index (χ1n) is 3.54. The zero-order valence-corrected chi connectivity index (χ0v) is 6.84. The van der Waals surface area contributed by atoms with Crippen molar-refractivity contribution < 1.29 is 0 Å². The number of allylic oxidation sites excluding steroid dienone is 5. The maximum atomic E-state index is 2.18. The van der Waals surface area contributed by atoms with Crippen molar-refractivity contribution >= 4 is 17.4 Å². The summed E-state index contributed by atoms with van der Waals surface area (Å²) in [6.07, 6.45) is 10.5. The molecule has 0 saturated heterocycles. The molecule has 1 aliphatic carbocycles. The second-order valence-electron chi connectivity index (χ2n) is 2.42. The summed E-state index contributed by atoms with van der Waals surface area (Å²) >= 11 is 1.73. The average Bonchev–Trinajstić information content (AvgIpc) is 2.60. The van der Waals surface area contributed by atoms with Gasteiger partial charge in [-0.1, -0.05) is 24.3 Å². The lowest BCUT2D eigenvalue weighted by Gasteiger charge is -1.86. The summed E-state index contributed by atoms with van der Waals surface area (Å²) in [4.78, 5) is 0. The Balaban J connectivity index is 2.28. The smallest absolute Gasteiger partial charge is 0.00205 e. The quantitative estimate of drug-likeness (QED) is 0.591. The van der Waals surface area contributed by atoms with Gasteiger partial charge in [-0.3, -0.25) is 0 Å². The fourth-order valence-corrected chi connectivity index (χ4v) is 1.65. The van der Waals surface area contributed by atoms with Crippen LogP contribution in [0.4, 0.5) is 0 Å². The molecule has 1 aromatic heterocycles. The summed E-state index contributed by atoms with van der Waals surface area (Å²) in [6.45, 7) is 0. The van der Waals surface area contributed by atoms with Crippen molar-refractivity contribution in [3.8, 4) is 0 Å². The molecule has 0 bridgehead atoms. The van der Waals surface area contributed by atoms with Gasteiger partial charge in [0.15, 0.2) is 0 Å². The Hall–Kier alpha value is -1.08. The predicted octanol–water partition coefficient (Wildman–Crippen LogP) is 3.26. The zero-order chi connectivity index (χ0) is 7.52. The maximum Gasteiger partial charge on any atom is -0.00205 e. The monoisotopic (exact) mass is 160 g/mol. The van der Waals surface area contributed by atoms with E-state index in [0.29, 0.717) is 0 Å². The normalized spacial score (nSPS) is 14.4. The van der Waals surface area contributed by atoms with Gasteiger partial charge in [0.1, 0.15) is 0 Å². The molecule has 0 radical (unpaired) electrons. The summed E-state index contributed by atoms with van der Waals surface area (Å²) in [6, 6.07) is 2.12. The van der Waals surface area contributed by atoms with Crippen LogP contribution >= 0.6 is 11.3 Å². The van der Waals surface area contributed by atoms with E-state index in [-0.39, 0.29) is 0 Å². The van der Waals surface area contributed by atoms with Gasteiger partial charge in [0, 0.05) is 0 Å². The lowest BCUT2D eigenvalue weighted by molar-refractivity contribution is 1.78. The third kappa shape index (κ3) is 1.49. The minimum absolute atomic E-state index is 1.28. The standard InChI is InChI=1S/C10H8S/c1-2-4-9(3-1)7-10-5-6-11-8-10/h1-8H. The third-order valence-corrected chi connectivity index (χ3v) is 2.27. The highest BCUT2D eigenvalue weighted by Gasteiger charge is 1.92. The van der Waals surface area contributed by atoms with E-state index in [9.17, 15) is 0 Å². The van der Waals surface area contributed by atoms with Gasteiger partial charge in [-0.15, -0.1) is 0 Å². The molecular weight excluding hydrogens is 152 g/mol. The largest absolute Gasteiger partial charge is 0.152 e. The number of hydrogen-bond acceptors (Lipinski definition) is 1. The Kier molecular flexibility index (Phi) is 1.74. The predicted molar refractivity (Wildman–Crippen MR) is 50.6 cm³/mol. The average molecular weight is 160 g/mol. The second kappa shape index (κ2) is 2.89. The van der Waals surface area contributed by atoms with Gasteiger partial charge < -0.3 is 0 Å². The molecule has 0 unspecified atom stereocenters. The number of thiophene rings is 1. The molecule has 0 N–H and O–H groups in total. The lowest BCUT2D eigenvalue weighted by Crippen LogP contribution is -1.65. The van der Waals surface area contributed by atoms with Crippen molar-refractivity contribution in [1.82, 2.24) is 0 Å².